The average Bonchev–Trinajstić information content (AvgIpc) is 2.48. The van der Waals surface area contributed by atoms with Gasteiger partial charge in [0.15, 0.2) is 0 Å². The molecule has 0 aliphatic carbocycles. The molecule has 21 heavy (non-hydrogen) atoms. The number of benzene rings is 2. The molecule has 0 fully saturated rings. The van der Waals surface area contributed by atoms with E-state index in [9.17, 15) is 4.79 Å². The zero-order valence-corrected chi connectivity index (χ0v) is 12.8. The molecule has 0 bridgehead atoms. The summed E-state index contributed by atoms with van der Waals surface area (Å²) in [5.74, 6) is -0.176. The maximum atomic E-state index is 12.5. The van der Waals surface area contributed by atoms with Crippen LogP contribution in [0.5, 0.6) is 0 Å². The van der Waals surface area contributed by atoms with Gasteiger partial charge < -0.3 is 11.1 Å². The number of hydrogen-bond donors (Lipinski definition) is 2. The Morgan fingerprint density at radius 2 is 1.67 bits per heavy atom. The van der Waals surface area contributed by atoms with Crippen molar-refractivity contribution in [1.29, 1.82) is 0 Å². The summed E-state index contributed by atoms with van der Waals surface area (Å²) in [6, 6.07) is 17.4. The monoisotopic (exact) mass is 282 g/mol. The second kappa shape index (κ2) is 6.10. The van der Waals surface area contributed by atoms with E-state index in [0.717, 1.165) is 16.7 Å². The highest BCUT2D eigenvalue weighted by Crippen LogP contribution is 2.21. The van der Waals surface area contributed by atoms with Crippen LogP contribution >= 0.6 is 0 Å². The van der Waals surface area contributed by atoms with Crippen molar-refractivity contribution in [2.75, 3.05) is 0 Å². The topological polar surface area (TPSA) is 55.1 Å². The highest BCUT2D eigenvalue weighted by Gasteiger charge is 2.31. The molecular weight excluding hydrogens is 260 g/mol. The Kier molecular flexibility index (Phi) is 4.43. The van der Waals surface area contributed by atoms with E-state index in [4.69, 9.17) is 5.73 Å². The van der Waals surface area contributed by atoms with Gasteiger partial charge in [0.1, 0.15) is 5.54 Å². The normalized spacial score (nSPS) is 15.0. The van der Waals surface area contributed by atoms with Crippen molar-refractivity contribution in [1.82, 2.24) is 5.32 Å². The summed E-state index contributed by atoms with van der Waals surface area (Å²) in [6.07, 6.45) is 0. The minimum atomic E-state index is -1.04. The molecule has 3 nitrogen and oxygen atoms in total. The minimum Gasteiger partial charge on any atom is -0.348 e. The number of hydrogen-bond acceptors (Lipinski definition) is 2. The molecule has 0 heterocycles. The fraction of sp³-hybridized carbons (Fsp3) is 0.278. The lowest BCUT2D eigenvalue weighted by molar-refractivity contribution is -0.126. The number of amides is 1. The van der Waals surface area contributed by atoms with Crippen molar-refractivity contribution in [3.63, 3.8) is 0 Å². The molecule has 2 aromatic rings. The number of aryl methyl sites for hydroxylation is 1. The Morgan fingerprint density at radius 3 is 2.29 bits per heavy atom. The zero-order chi connectivity index (χ0) is 15.5. The molecule has 3 heteroatoms. The number of carbonyl (C=O) groups excluding carboxylic acids is 1. The van der Waals surface area contributed by atoms with Crippen LogP contribution < -0.4 is 11.1 Å². The van der Waals surface area contributed by atoms with E-state index < -0.39 is 5.54 Å². The molecule has 1 amide bonds. The average molecular weight is 282 g/mol. The van der Waals surface area contributed by atoms with E-state index in [2.05, 4.69) is 5.32 Å². The summed E-state index contributed by atoms with van der Waals surface area (Å²) in [5.41, 5.74) is 8.26. The summed E-state index contributed by atoms with van der Waals surface area (Å²) >= 11 is 0. The van der Waals surface area contributed by atoms with Crippen LogP contribution in [0.15, 0.2) is 54.6 Å². The number of carbonyl (C=O) groups is 1. The van der Waals surface area contributed by atoms with E-state index in [1.165, 1.54) is 0 Å². The summed E-state index contributed by atoms with van der Waals surface area (Å²) in [4.78, 5) is 12.5. The maximum Gasteiger partial charge on any atom is 0.244 e. The van der Waals surface area contributed by atoms with E-state index in [0.29, 0.717) is 0 Å². The molecule has 2 atom stereocenters. The second-order valence-corrected chi connectivity index (χ2v) is 5.62. The third-order valence-corrected chi connectivity index (χ3v) is 3.85. The summed E-state index contributed by atoms with van der Waals surface area (Å²) in [6.45, 7) is 5.75. The van der Waals surface area contributed by atoms with Gasteiger partial charge in [-0.25, -0.2) is 0 Å². The van der Waals surface area contributed by atoms with Crippen molar-refractivity contribution >= 4 is 5.91 Å². The Labute approximate surface area is 126 Å². The Bertz CT molecular complexity index is 620. The molecule has 0 radical (unpaired) electrons. The molecular formula is C18H22N2O. The number of rotatable bonds is 4. The molecule has 0 saturated carbocycles. The predicted octanol–water partition coefficient (Wildman–Crippen LogP) is 3.05. The third kappa shape index (κ3) is 3.31. The van der Waals surface area contributed by atoms with Crippen molar-refractivity contribution < 1.29 is 4.79 Å². The maximum absolute atomic E-state index is 12.5. The zero-order valence-electron chi connectivity index (χ0n) is 12.8. The van der Waals surface area contributed by atoms with Gasteiger partial charge in [-0.1, -0.05) is 54.6 Å². The SMILES string of the molecule is Cc1ccccc1[C@H](C)NC(=O)C(C)(N)c1ccccc1. The third-order valence-electron chi connectivity index (χ3n) is 3.85. The van der Waals surface area contributed by atoms with Crippen LogP contribution in [-0.2, 0) is 10.3 Å². The molecule has 0 aliphatic rings. The molecule has 3 N–H and O–H groups in total. The largest absolute Gasteiger partial charge is 0.348 e. The lowest BCUT2D eigenvalue weighted by atomic mass is 9.91. The predicted molar refractivity (Wildman–Crippen MR) is 85.7 cm³/mol. The molecule has 2 aromatic carbocycles. The highest BCUT2D eigenvalue weighted by atomic mass is 16.2. The Hall–Kier alpha value is -2.13. The van der Waals surface area contributed by atoms with Gasteiger partial charge in [-0.05, 0) is 37.5 Å². The first kappa shape index (κ1) is 15.3. The molecule has 0 aliphatic heterocycles. The van der Waals surface area contributed by atoms with Gasteiger partial charge in [-0.3, -0.25) is 4.79 Å². The quantitative estimate of drug-likeness (QED) is 0.905. The first-order chi connectivity index (χ1) is 9.93. The Morgan fingerprint density at radius 1 is 1.10 bits per heavy atom. The van der Waals surface area contributed by atoms with Crippen LogP contribution in [0.1, 0.15) is 36.6 Å². The van der Waals surface area contributed by atoms with Gasteiger partial charge in [0, 0.05) is 0 Å². The molecule has 0 aromatic heterocycles. The molecule has 1 unspecified atom stereocenters. The van der Waals surface area contributed by atoms with E-state index in [1.54, 1.807) is 6.92 Å². The molecule has 2 rings (SSSR count). The van der Waals surface area contributed by atoms with Gasteiger partial charge in [-0.15, -0.1) is 0 Å². The van der Waals surface area contributed by atoms with Gasteiger partial charge in [0.25, 0.3) is 0 Å². The summed E-state index contributed by atoms with van der Waals surface area (Å²) < 4.78 is 0. The molecule has 0 spiro atoms. The van der Waals surface area contributed by atoms with E-state index in [1.807, 2.05) is 68.4 Å². The highest BCUT2D eigenvalue weighted by molar-refractivity contribution is 5.87. The lowest BCUT2D eigenvalue weighted by Gasteiger charge is -2.27. The Balaban J connectivity index is 2.16. The van der Waals surface area contributed by atoms with Crippen LogP contribution in [0.3, 0.4) is 0 Å². The first-order valence-corrected chi connectivity index (χ1v) is 7.14. The van der Waals surface area contributed by atoms with Crippen LogP contribution in [0.25, 0.3) is 0 Å². The van der Waals surface area contributed by atoms with Crippen LogP contribution in [-0.4, -0.2) is 5.91 Å². The lowest BCUT2D eigenvalue weighted by Crippen LogP contribution is -2.49. The second-order valence-electron chi connectivity index (χ2n) is 5.62. The van der Waals surface area contributed by atoms with E-state index in [-0.39, 0.29) is 11.9 Å². The van der Waals surface area contributed by atoms with Crippen molar-refractivity contribution in [3.05, 3.63) is 71.3 Å². The van der Waals surface area contributed by atoms with Crippen LogP contribution in [0.4, 0.5) is 0 Å². The number of nitrogens with one attached hydrogen (secondary N) is 1. The van der Waals surface area contributed by atoms with Crippen molar-refractivity contribution in [2.45, 2.75) is 32.4 Å². The van der Waals surface area contributed by atoms with Crippen molar-refractivity contribution in [2.24, 2.45) is 5.73 Å². The standard InChI is InChI=1S/C18H22N2O/c1-13-9-7-8-12-16(13)14(2)20-17(21)18(3,19)15-10-5-4-6-11-15/h4-12,14H,19H2,1-3H3,(H,20,21)/t14-,18?/m0/s1. The minimum absolute atomic E-state index is 0.0784. The molecule has 0 saturated heterocycles. The van der Waals surface area contributed by atoms with Gasteiger partial charge >= 0.3 is 0 Å². The van der Waals surface area contributed by atoms with Gasteiger partial charge in [0.2, 0.25) is 5.91 Å². The first-order valence-electron chi connectivity index (χ1n) is 7.14. The van der Waals surface area contributed by atoms with Crippen molar-refractivity contribution in [3.8, 4) is 0 Å². The molecule has 110 valence electrons. The summed E-state index contributed by atoms with van der Waals surface area (Å²) in [7, 11) is 0. The van der Waals surface area contributed by atoms with Crippen LogP contribution in [0, 0.1) is 6.92 Å². The van der Waals surface area contributed by atoms with E-state index >= 15 is 0 Å². The fourth-order valence-electron chi connectivity index (χ4n) is 2.41. The van der Waals surface area contributed by atoms with Crippen LogP contribution in [0.2, 0.25) is 0 Å². The van der Waals surface area contributed by atoms with Gasteiger partial charge in [0.05, 0.1) is 6.04 Å². The van der Waals surface area contributed by atoms with Gasteiger partial charge in [-0.2, -0.15) is 0 Å². The summed E-state index contributed by atoms with van der Waals surface area (Å²) in [5, 5.41) is 3.01. The number of nitrogens with two attached hydrogens (primary N) is 1. The fourth-order valence-corrected chi connectivity index (χ4v) is 2.41. The smallest absolute Gasteiger partial charge is 0.244 e.